The maximum atomic E-state index is 13.0. The molecule has 2 aromatic heterocycles. The van der Waals surface area contributed by atoms with Crippen LogP contribution in [0.3, 0.4) is 0 Å². The number of ether oxygens (including phenoxy) is 3. The molecule has 2 aromatic carbocycles. The third-order valence-corrected chi connectivity index (χ3v) is 5.70. The number of H-pyrrole nitrogens is 1. The van der Waals surface area contributed by atoms with Gasteiger partial charge in [-0.25, -0.2) is 14.6 Å². The molecular formula is C24H21N5O7. The highest BCUT2D eigenvalue weighted by Gasteiger charge is 2.51. The van der Waals surface area contributed by atoms with Crippen molar-refractivity contribution in [3.63, 3.8) is 0 Å². The molecule has 1 fully saturated rings. The minimum Gasteiger partial charge on any atom is -0.452 e. The number of aromatic amines is 1. The number of rotatable bonds is 6. The lowest BCUT2D eigenvalue weighted by Crippen LogP contribution is -2.40. The third-order valence-electron chi connectivity index (χ3n) is 5.70. The molecule has 0 unspecified atom stereocenters. The van der Waals surface area contributed by atoms with Crippen LogP contribution in [0, 0.1) is 0 Å². The number of aliphatic hydroxyl groups is 1. The Hall–Kier alpha value is -4.55. The van der Waals surface area contributed by atoms with Crippen molar-refractivity contribution < 1.29 is 28.9 Å². The van der Waals surface area contributed by atoms with E-state index in [0.29, 0.717) is 0 Å². The predicted molar refractivity (Wildman–Crippen MR) is 125 cm³/mol. The fourth-order valence-electron chi connectivity index (χ4n) is 4.01. The van der Waals surface area contributed by atoms with Crippen LogP contribution in [0.25, 0.3) is 11.2 Å². The summed E-state index contributed by atoms with van der Waals surface area (Å²) in [7, 11) is 0. The van der Waals surface area contributed by atoms with Gasteiger partial charge in [-0.15, -0.1) is 0 Å². The van der Waals surface area contributed by atoms with Gasteiger partial charge in [0.05, 0.1) is 24.1 Å². The van der Waals surface area contributed by atoms with E-state index in [0.717, 1.165) is 0 Å². The summed E-state index contributed by atoms with van der Waals surface area (Å²) in [5, 5.41) is 10.0. The van der Waals surface area contributed by atoms with Crippen molar-refractivity contribution in [3.05, 3.63) is 88.5 Å². The molecule has 4 atom stereocenters. The Bertz CT molecular complexity index is 1450. The second-order valence-electron chi connectivity index (χ2n) is 7.99. The Balaban J connectivity index is 1.55. The third kappa shape index (κ3) is 4.30. The molecule has 1 saturated heterocycles. The minimum absolute atomic E-state index is 0.0220. The van der Waals surface area contributed by atoms with Crippen LogP contribution in [0.4, 0.5) is 5.95 Å². The number of nitrogen functional groups attached to an aromatic ring is 1. The van der Waals surface area contributed by atoms with E-state index >= 15 is 0 Å². The molecule has 0 saturated carbocycles. The van der Waals surface area contributed by atoms with E-state index in [2.05, 4.69) is 15.0 Å². The minimum atomic E-state index is -1.23. The van der Waals surface area contributed by atoms with Crippen LogP contribution in [0.15, 0.2) is 71.8 Å². The van der Waals surface area contributed by atoms with Gasteiger partial charge in [0, 0.05) is 0 Å². The van der Waals surface area contributed by atoms with Gasteiger partial charge in [0.2, 0.25) is 5.95 Å². The number of benzene rings is 2. The van der Waals surface area contributed by atoms with Crippen LogP contribution in [-0.2, 0) is 14.2 Å². The molecule has 1 aliphatic heterocycles. The lowest BCUT2D eigenvalue weighted by Gasteiger charge is -2.24. The summed E-state index contributed by atoms with van der Waals surface area (Å²) in [4.78, 5) is 48.7. The molecule has 36 heavy (non-hydrogen) atoms. The molecule has 4 N–H and O–H groups in total. The van der Waals surface area contributed by atoms with Gasteiger partial charge in [-0.05, 0) is 24.3 Å². The molecule has 4 aromatic rings. The van der Waals surface area contributed by atoms with E-state index < -0.39 is 48.6 Å². The number of esters is 2. The number of hydrogen-bond acceptors (Lipinski definition) is 10. The van der Waals surface area contributed by atoms with E-state index in [9.17, 15) is 19.5 Å². The fraction of sp³-hybridized carbons (Fsp3) is 0.208. The van der Waals surface area contributed by atoms with Crippen LogP contribution < -0.4 is 11.3 Å². The number of aromatic nitrogens is 4. The summed E-state index contributed by atoms with van der Waals surface area (Å²) in [6.07, 6.45) is -3.37. The summed E-state index contributed by atoms with van der Waals surface area (Å²) in [5.74, 6) is -1.56. The molecule has 0 bridgehead atoms. The number of hydrogen-bond donors (Lipinski definition) is 3. The average molecular weight is 491 g/mol. The zero-order valence-electron chi connectivity index (χ0n) is 18.7. The van der Waals surface area contributed by atoms with Crippen molar-refractivity contribution >= 4 is 29.1 Å². The monoisotopic (exact) mass is 491 g/mol. The Kier molecular flexibility index (Phi) is 6.19. The summed E-state index contributed by atoms with van der Waals surface area (Å²) in [5.41, 5.74) is 5.70. The first-order valence-corrected chi connectivity index (χ1v) is 11.0. The molecule has 0 aliphatic carbocycles. The number of carbonyl (C=O) groups excluding carboxylic acids is 2. The molecule has 12 heteroatoms. The van der Waals surface area contributed by atoms with Crippen LogP contribution in [0.2, 0.25) is 0 Å². The molecule has 0 amide bonds. The zero-order valence-corrected chi connectivity index (χ0v) is 18.7. The summed E-state index contributed by atoms with van der Waals surface area (Å²) < 4.78 is 18.8. The first-order valence-electron chi connectivity index (χ1n) is 11.0. The second kappa shape index (κ2) is 9.60. The molecule has 12 nitrogen and oxygen atoms in total. The number of aliphatic hydroxyl groups excluding tert-OH is 1. The maximum Gasteiger partial charge on any atom is 0.338 e. The SMILES string of the molecule is Nc1nc2c(ncn2[C@@H]2O[C@H](CO)[C@@H](OC(=O)c3ccccc3)[C@@H]2OC(=O)c2ccccc2)c(=O)[nH]1. The Morgan fingerprint density at radius 1 is 1.00 bits per heavy atom. The van der Waals surface area contributed by atoms with Gasteiger partial charge in [-0.2, -0.15) is 4.98 Å². The van der Waals surface area contributed by atoms with Gasteiger partial charge in [0.1, 0.15) is 6.10 Å². The first kappa shape index (κ1) is 23.2. The topological polar surface area (TPSA) is 172 Å². The Labute approximate surface area is 203 Å². The van der Waals surface area contributed by atoms with Crippen molar-refractivity contribution in [2.45, 2.75) is 24.5 Å². The van der Waals surface area contributed by atoms with Crippen LogP contribution >= 0.6 is 0 Å². The molecule has 0 radical (unpaired) electrons. The normalized spacial score (nSPS) is 21.4. The standard InChI is InChI=1S/C24H21N5O7/c25-24-27-19-16(20(31)28-24)26-12-29(19)21-18(36-23(33)14-9-5-2-6-10-14)17(15(11-30)34-21)35-22(32)13-7-3-1-4-8-13/h1-10,12,15,17-18,21,30H,11H2,(H3,25,27,28,31)/t15-,17-,18+,21-/m1/s1. The van der Waals surface area contributed by atoms with Gasteiger partial charge in [0.15, 0.2) is 29.6 Å². The van der Waals surface area contributed by atoms with E-state index in [4.69, 9.17) is 19.9 Å². The first-order chi connectivity index (χ1) is 17.5. The molecule has 0 spiro atoms. The zero-order chi connectivity index (χ0) is 25.2. The van der Waals surface area contributed by atoms with Crippen LogP contribution in [0.1, 0.15) is 26.9 Å². The number of anilines is 1. The van der Waals surface area contributed by atoms with Gasteiger partial charge in [0.25, 0.3) is 5.56 Å². The number of imidazole rings is 1. The molecular weight excluding hydrogens is 470 g/mol. The lowest BCUT2D eigenvalue weighted by atomic mass is 10.1. The number of nitrogens with two attached hydrogens (primary N) is 1. The predicted octanol–water partition coefficient (Wildman–Crippen LogP) is 1.04. The van der Waals surface area contributed by atoms with Crippen molar-refractivity contribution in [3.8, 4) is 0 Å². The van der Waals surface area contributed by atoms with E-state index in [1.165, 1.54) is 10.9 Å². The van der Waals surface area contributed by atoms with Crippen LogP contribution in [-0.4, -0.2) is 61.5 Å². The highest BCUT2D eigenvalue weighted by Crippen LogP contribution is 2.36. The highest BCUT2D eigenvalue weighted by atomic mass is 16.6. The van der Waals surface area contributed by atoms with Gasteiger partial charge < -0.3 is 25.1 Å². The van der Waals surface area contributed by atoms with Crippen molar-refractivity contribution in [1.29, 1.82) is 0 Å². The van der Waals surface area contributed by atoms with Crippen LogP contribution in [0.5, 0.6) is 0 Å². The summed E-state index contributed by atoms with van der Waals surface area (Å²) >= 11 is 0. The smallest absolute Gasteiger partial charge is 0.338 e. The highest BCUT2D eigenvalue weighted by molar-refractivity contribution is 5.90. The van der Waals surface area contributed by atoms with E-state index in [-0.39, 0.29) is 28.2 Å². The van der Waals surface area contributed by atoms with Crippen molar-refractivity contribution in [1.82, 2.24) is 19.5 Å². The molecule has 1 aliphatic rings. The molecule has 184 valence electrons. The number of carbonyl (C=O) groups is 2. The van der Waals surface area contributed by atoms with Crippen molar-refractivity contribution in [2.75, 3.05) is 12.3 Å². The quantitative estimate of drug-likeness (QED) is 0.331. The number of fused-ring (bicyclic) bond motifs is 1. The number of nitrogens with one attached hydrogen (secondary N) is 1. The largest absolute Gasteiger partial charge is 0.452 e. The lowest BCUT2D eigenvalue weighted by molar-refractivity contribution is -0.0566. The maximum absolute atomic E-state index is 13.0. The van der Waals surface area contributed by atoms with E-state index in [1.807, 2.05) is 0 Å². The van der Waals surface area contributed by atoms with E-state index in [1.54, 1.807) is 60.7 Å². The Morgan fingerprint density at radius 2 is 1.58 bits per heavy atom. The van der Waals surface area contributed by atoms with Gasteiger partial charge in [-0.1, -0.05) is 36.4 Å². The van der Waals surface area contributed by atoms with Gasteiger partial charge >= 0.3 is 11.9 Å². The molecule has 5 rings (SSSR count). The summed E-state index contributed by atoms with van der Waals surface area (Å²) in [6.45, 7) is -0.550. The van der Waals surface area contributed by atoms with Gasteiger partial charge in [-0.3, -0.25) is 14.3 Å². The average Bonchev–Trinajstić information content (AvgIpc) is 3.46. The number of nitrogens with zero attached hydrogens (tertiary/aromatic N) is 3. The summed E-state index contributed by atoms with van der Waals surface area (Å²) in [6, 6.07) is 16.4. The molecule has 3 heterocycles. The Morgan fingerprint density at radius 3 is 2.17 bits per heavy atom. The fourth-order valence-corrected chi connectivity index (χ4v) is 4.01. The van der Waals surface area contributed by atoms with Crippen molar-refractivity contribution in [2.24, 2.45) is 0 Å². The second-order valence-corrected chi connectivity index (χ2v) is 7.99.